The molecular formula is C33H44FN3O4. The first kappa shape index (κ1) is 32.0. The number of primary amides is 1. The van der Waals surface area contributed by atoms with Gasteiger partial charge in [0, 0.05) is 37.7 Å². The molecular weight excluding hydrogens is 521 g/mol. The SMILES string of the molecule is CCCN(CCC)C(=O)C1=CC(C)=CC(C(N)=O)([C@H](Cc2ccc(OC)c(F)c2)[C@@H](O)CNCc2ccccc2)C1. The molecule has 0 aromatic heterocycles. The number of nitrogens with zero attached hydrogens (tertiary/aromatic N) is 1. The van der Waals surface area contributed by atoms with Crippen molar-refractivity contribution in [1.82, 2.24) is 10.2 Å². The van der Waals surface area contributed by atoms with E-state index in [-0.39, 0.29) is 31.0 Å². The van der Waals surface area contributed by atoms with Crippen molar-refractivity contribution in [3.63, 3.8) is 0 Å². The third kappa shape index (κ3) is 8.05. The standard InChI is InChI=1S/C33H44FN3O4/c1-5-14-37(15-6-2)31(39)26-16-23(3)19-33(20-26,32(35)40)27(17-25-12-13-30(41-4)28(34)18-25)29(38)22-36-21-24-10-8-7-9-11-24/h7-13,16,18-19,27,29,36,38H,5-6,14-15,17,20-22H2,1-4H3,(H2,35,40)/t27-,29+,33?/m1/s1. The molecule has 0 saturated carbocycles. The third-order valence-electron chi connectivity index (χ3n) is 7.70. The lowest BCUT2D eigenvalue weighted by atomic mass is 9.63. The number of benzene rings is 2. The number of aliphatic hydroxyl groups is 1. The smallest absolute Gasteiger partial charge is 0.249 e. The van der Waals surface area contributed by atoms with Crippen molar-refractivity contribution in [2.24, 2.45) is 17.1 Å². The Hall–Kier alpha value is -3.49. The summed E-state index contributed by atoms with van der Waals surface area (Å²) in [6.45, 7) is 7.78. The van der Waals surface area contributed by atoms with Crippen LogP contribution >= 0.6 is 0 Å². The van der Waals surface area contributed by atoms with Gasteiger partial charge in [-0.15, -0.1) is 0 Å². The van der Waals surface area contributed by atoms with Gasteiger partial charge in [0.1, 0.15) is 0 Å². The molecule has 4 N–H and O–H groups in total. The second kappa shape index (κ2) is 14.9. The number of nitrogens with two attached hydrogens (primary N) is 1. The fourth-order valence-electron chi connectivity index (χ4n) is 5.77. The Morgan fingerprint density at radius 2 is 1.80 bits per heavy atom. The van der Waals surface area contributed by atoms with Crippen LogP contribution in [0.2, 0.25) is 0 Å². The Bertz CT molecular complexity index is 1240. The van der Waals surface area contributed by atoms with E-state index < -0.39 is 29.2 Å². The molecule has 0 saturated heterocycles. The van der Waals surface area contributed by atoms with Gasteiger partial charge in [-0.2, -0.15) is 0 Å². The molecule has 2 amide bonds. The van der Waals surface area contributed by atoms with E-state index in [9.17, 15) is 19.1 Å². The molecule has 8 heteroatoms. The lowest BCUT2D eigenvalue weighted by molar-refractivity contribution is -0.132. The highest BCUT2D eigenvalue weighted by Gasteiger charge is 2.48. The number of amides is 2. The van der Waals surface area contributed by atoms with Crippen molar-refractivity contribution in [2.75, 3.05) is 26.7 Å². The number of methoxy groups -OCH3 is 1. The van der Waals surface area contributed by atoms with Crippen molar-refractivity contribution in [1.29, 1.82) is 0 Å². The van der Waals surface area contributed by atoms with Gasteiger partial charge in [0.25, 0.3) is 0 Å². The largest absolute Gasteiger partial charge is 0.494 e. The summed E-state index contributed by atoms with van der Waals surface area (Å²) in [5, 5.41) is 14.9. The predicted octanol–water partition coefficient (Wildman–Crippen LogP) is 4.54. The first-order valence-corrected chi connectivity index (χ1v) is 14.4. The van der Waals surface area contributed by atoms with E-state index in [1.807, 2.05) is 62.1 Å². The number of ether oxygens (including phenoxy) is 1. The van der Waals surface area contributed by atoms with Crippen molar-refractivity contribution in [3.8, 4) is 5.75 Å². The number of hydrogen-bond donors (Lipinski definition) is 3. The zero-order valence-electron chi connectivity index (χ0n) is 24.7. The Morgan fingerprint density at radius 1 is 1.12 bits per heavy atom. The molecule has 222 valence electrons. The van der Waals surface area contributed by atoms with Gasteiger partial charge in [-0.1, -0.05) is 68.0 Å². The summed E-state index contributed by atoms with van der Waals surface area (Å²) in [5.41, 5.74) is 7.63. The highest BCUT2D eigenvalue weighted by molar-refractivity contribution is 5.97. The summed E-state index contributed by atoms with van der Waals surface area (Å²) in [6, 6.07) is 14.4. The van der Waals surface area contributed by atoms with Crippen LogP contribution < -0.4 is 15.8 Å². The van der Waals surface area contributed by atoms with Gasteiger partial charge >= 0.3 is 0 Å². The normalized spacial score (nSPS) is 18.2. The average Bonchev–Trinajstić information content (AvgIpc) is 2.95. The Labute approximate surface area is 243 Å². The van der Waals surface area contributed by atoms with E-state index in [1.54, 1.807) is 12.1 Å². The number of carbonyl (C=O) groups excluding carboxylic acids is 2. The number of allylic oxidation sites excluding steroid dienone is 2. The summed E-state index contributed by atoms with van der Waals surface area (Å²) < 4.78 is 19.8. The molecule has 7 nitrogen and oxygen atoms in total. The fourth-order valence-corrected chi connectivity index (χ4v) is 5.77. The minimum Gasteiger partial charge on any atom is -0.494 e. The van der Waals surface area contributed by atoms with Crippen molar-refractivity contribution < 1.29 is 23.8 Å². The van der Waals surface area contributed by atoms with Crippen LogP contribution in [-0.2, 0) is 22.6 Å². The Morgan fingerprint density at radius 3 is 2.39 bits per heavy atom. The van der Waals surface area contributed by atoms with Crippen LogP contribution in [0.4, 0.5) is 4.39 Å². The molecule has 1 aliphatic rings. The van der Waals surface area contributed by atoms with Gasteiger partial charge in [0.2, 0.25) is 11.8 Å². The molecule has 1 aliphatic carbocycles. The molecule has 0 aliphatic heterocycles. The first-order chi connectivity index (χ1) is 19.6. The van der Waals surface area contributed by atoms with Gasteiger partial charge < -0.3 is 25.8 Å². The fraction of sp³-hybridized carbons (Fsp3) is 0.455. The summed E-state index contributed by atoms with van der Waals surface area (Å²) in [7, 11) is 1.39. The monoisotopic (exact) mass is 565 g/mol. The maximum atomic E-state index is 14.7. The summed E-state index contributed by atoms with van der Waals surface area (Å²) in [5.74, 6) is -1.93. The topological polar surface area (TPSA) is 105 Å². The van der Waals surface area contributed by atoms with Crippen LogP contribution in [0.5, 0.6) is 5.75 Å². The molecule has 3 rings (SSSR count). The van der Waals surface area contributed by atoms with E-state index in [0.717, 1.165) is 24.0 Å². The quantitative estimate of drug-likeness (QED) is 0.294. The number of carbonyl (C=O) groups is 2. The molecule has 3 atom stereocenters. The number of halogens is 1. The van der Waals surface area contributed by atoms with Crippen LogP contribution in [-0.4, -0.2) is 54.7 Å². The van der Waals surface area contributed by atoms with Gasteiger partial charge in [0.15, 0.2) is 11.6 Å². The minimum absolute atomic E-state index is 0.0570. The molecule has 41 heavy (non-hydrogen) atoms. The van der Waals surface area contributed by atoms with E-state index >= 15 is 0 Å². The van der Waals surface area contributed by atoms with E-state index in [2.05, 4.69) is 5.32 Å². The number of hydrogen-bond acceptors (Lipinski definition) is 5. The maximum Gasteiger partial charge on any atom is 0.249 e. The zero-order valence-corrected chi connectivity index (χ0v) is 24.7. The summed E-state index contributed by atoms with van der Waals surface area (Å²) >= 11 is 0. The van der Waals surface area contributed by atoms with Crippen LogP contribution in [0.1, 0.15) is 51.2 Å². The van der Waals surface area contributed by atoms with E-state index in [4.69, 9.17) is 10.5 Å². The molecule has 1 unspecified atom stereocenters. The number of nitrogens with one attached hydrogen (secondary N) is 1. The number of aliphatic hydroxyl groups excluding tert-OH is 1. The lowest BCUT2D eigenvalue weighted by Crippen LogP contribution is -2.51. The second-order valence-electron chi connectivity index (χ2n) is 10.9. The van der Waals surface area contributed by atoms with Crippen molar-refractivity contribution >= 4 is 11.8 Å². The first-order valence-electron chi connectivity index (χ1n) is 14.4. The van der Waals surface area contributed by atoms with Crippen LogP contribution in [0.15, 0.2) is 71.8 Å². The molecule has 0 bridgehead atoms. The van der Waals surface area contributed by atoms with E-state index in [1.165, 1.54) is 19.2 Å². The van der Waals surface area contributed by atoms with Crippen LogP contribution in [0, 0.1) is 17.2 Å². The Kier molecular flexibility index (Phi) is 11.7. The van der Waals surface area contributed by atoms with Gasteiger partial charge in [-0.25, -0.2) is 4.39 Å². The Balaban J connectivity index is 1.99. The van der Waals surface area contributed by atoms with E-state index in [0.29, 0.717) is 30.8 Å². The minimum atomic E-state index is -1.36. The lowest BCUT2D eigenvalue weighted by Gasteiger charge is -2.42. The average molecular weight is 566 g/mol. The van der Waals surface area contributed by atoms with Gasteiger partial charge in [-0.3, -0.25) is 9.59 Å². The molecule has 0 spiro atoms. The molecule has 0 radical (unpaired) electrons. The molecule has 2 aromatic rings. The van der Waals surface area contributed by atoms with Crippen molar-refractivity contribution in [2.45, 2.75) is 59.1 Å². The highest BCUT2D eigenvalue weighted by atomic mass is 19.1. The predicted molar refractivity (Wildman–Crippen MR) is 160 cm³/mol. The molecule has 2 aromatic carbocycles. The molecule has 0 fully saturated rings. The zero-order chi connectivity index (χ0) is 30.0. The van der Waals surface area contributed by atoms with Crippen molar-refractivity contribution in [3.05, 3.63) is 88.8 Å². The molecule has 0 heterocycles. The van der Waals surface area contributed by atoms with Gasteiger partial charge in [-0.05, 0) is 55.9 Å². The van der Waals surface area contributed by atoms with Crippen LogP contribution in [0.3, 0.4) is 0 Å². The maximum absolute atomic E-state index is 14.7. The second-order valence-corrected chi connectivity index (χ2v) is 10.9. The summed E-state index contributed by atoms with van der Waals surface area (Å²) in [6.07, 6.45) is 4.40. The third-order valence-corrected chi connectivity index (χ3v) is 7.70. The summed E-state index contributed by atoms with van der Waals surface area (Å²) in [4.78, 5) is 28.9. The highest BCUT2D eigenvalue weighted by Crippen LogP contribution is 2.44. The number of rotatable bonds is 15. The van der Waals surface area contributed by atoms with Crippen LogP contribution in [0.25, 0.3) is 0 Å². The van der Waals surface area contributed by atoms with Gasteiger partial charge in [0.05, 0.1) is 18.6 Å².